The molecule has 2 aliphatic heterocycles. The van der Waals surface area contributed by atoms with Crippen molar-refractivity contribution in [2.45, 2.75) is 19.2 Å². The molecule has 1 unspecified atom stereocenters. The summed E-state index contributed by atoms with van der Waals surface area (Å²) in [6.45, 7) is 0.318. The Bertz CT molecular complexity index is 1210. The number of alkyl halides is 2. The minimum absolute atomic E-state index is 0.256. The van der Waals surface area contributed by atoms with Gasteiger partial charge in [0.15, 0.2) is 0 Å². The first-order chi connectivity index (χ1) is 15.0. The summed E-state index contributed by atoms with van der Waals surface area (Å²) < 4.78 is 44.3. The van der Waals surface area contributed by atoms with Gasteiger partial charge in [-0.05, 0) is 29.8 Å². The van der Waals surface area contributed by atoms with Gasteiger partial charge in [-0.15, -0.1) is 5.10 Å². The van der Waals surface area contributed by atoms with E-state index in [-0.39, 0.29) is 5.91 Å². The predicted molar refractivity (Wildman–Crippen MR) is 107 cm³/mol. The number of halogens is 3. The van der Waals surface area contributed by atoms with Crippen molar-refractivity contribution in [1.29, 1.82) is 0 Å². The van der Waals surface area contributed by atoms with Crippen molar-refractivity contribution in [3.05, 3.63) is 83.3 Å². The smallest absolute Gasteiger partial charge is 0.314 e. The number of hydrogen-bond donors (Lipinski definition) is 1. The minimum Gasteiger partial charge on any atom is -0.446 e. The average Bonchev–Trinajstić information content (AvgIpc) is 3.39. The highest BCUT2D eigenvalue weighted by atomic mass is 19.3. The van der Waals surface area contributed by atoms with Crippen LogP contribution < -0.4 is 10.3 Å². The lowest BCUT2D eigenvalue weighted by Gasteiger charge is -2.19. The number of aromatic nitrogens is 1. The number of pyridine rings is 1. The Hall–Kier alpha value is -3.88. The number of anilines is 1. The van der Waals surface area contributed by atoms with Gasteiger partial charge in [-0.1, -0.05) is 36.4 Å². The Morgan fingerprint density at radius 2 is 1.90 bits per heavy atom. The zero-order valence-electron chi connectivity index (χ0n) is 15.9. The number of carbonyl (C=O) groups is 1. The molecule has 0 spiro atoms. The number of para-hydroxylation sites is 1. The summed E-state index contributed by atoms with van der Waals surface area (Å²) >= 11 is 0. The van der Waals surface area contributed by atoms with Crippen LogP contribution >= 0.6 is 0 Å². The third-order valence-electron chi connectivity index (χ3n) is 5.14. The summed E-state index contributed by atoms with van der Waals surface area (Å²) in [5.41, 5.74) is 5.88. The molecule has 1 atom stereocenters. The molecule has 0 saturated carbocycles. The van der Waals surface area contributed by atoms with Crippen molar-refractivity contribution in [1.82, 2.24) is 10.4 Å². The highest BCUT2D eigenvalue weighted by Gasteiger charge is 2.33. The zero-order chi connectivity index (χ0) is 21.5. The molecule has 5 rings (SSSR count). The number of rotatable bonds is 4. The average molecular weight is 424 g/mol. The Morgan fingerprint density at radius 3 is 2.68 bits per heavy atom. The van der Waals surface area contributed by atoms with Crippen LogP contribution in [0.2, 0.25) is 0 Å². The quantitative estimate of drug-likeness (QED) is 0.636. The highest BCUT2D eigenvalue weighted by molar-refractivity contribution is 6.11. The molecule has 2 aromatic carbocycles. The number of ether oxygens (including phenoxy) is 1. The van der Waals surface area contributed by atoms with E-state index in [1.165, 1.54) is 6.07 Å². The molecule has 9 heteroatoms. The maximum absolute atomic E-state index is 13.7. The number of hydrazone groups is 1. The molecule has 0 aliphatic carbocycles. The van der Waals surface area contributed by atoms with Gasteiger partial charge in [-0.25, -0.2) is 4.98 Å². The van der Waals surface area contributed by atoms with E-state index in [9.17, 15) is 18.0 Å². The van der Waals surface area contributed by atoms with Crippen LogP contribution in [0.5, 0.6) is 0 Å². The molecule has 6 nitrogen and oxygen atoms in total. The van der Waals surface area contributed by atoms with Crippen LogP contribution in [0.4, 0.5) is 18.9 Å². The van der Waals surface area contributed by atoms with Crippen LogP contribution in [-0.2, 0) is 11.3 Å². The van der Waals surface area contributed by atoms with Crippen LogP contribution in [0.25, 0.3) is 11.3 Å². The SMILES string of the molecule is O=C1c2cc(C3NN=C(C(F)F)O3)ccc2CN1c1ccccc1-c1cccc(F)n1. The number of nitrogens with one attached hydrogen (secondary N) is 1. The molecular weight excluding hydrogens is 409 g/mol. The van der Waals surface area contributed by atoms with E-state index in [2.05, 4.69) is 15.5 Å². The number of carbonyl (C=O) groups excluding carboxylic acids is 1. The highest BCUT2D eigenvalue weighted by Crippen LogP contribution is 2.36. The van der Waals surface area contributed by atoms with Gasteiger partial charge in [0, 0.05) is 16.7 Å². The molecule has 3 heterocycles. The Balaban J connectivity index is 1.45. The van der Waals surface area contributed by atoms with E-state index in [0.29, 0.717) is 34.6 Å². The number of benzene rings is 2. The predicted octanol–water partition coefficient (Wildman–Crippen LogP) is 4.25. The van der Waals surface area contributed by atoms with Crippen molar-refractivity contribution in [3.8, 4) is 11.3 Å². The molecule has 1 aromatic heterocycles. The summed E-state index contributed by atoms with van der Waals surface area (Å²) in [5.74, 6) is -1.55. The normalized spacial score (nSPS) is 17.4. The van der Waals surface area contributed by atoms with Gasteiger partial charge < -0.3 is 9.64 Å². The topological polar surface area (TPSA) is 66.8 Å². The van der Waals surface area contributed by atoms with Crippen molar-refractivity contribution in [2.75, 3.05) is 4.90 Å². The second-order valence-corrected chi connectivity index (χ2v) is 7.05. The standard InChI is InChI=1S/C22H15F3N4O2/c23-18-7-3-5-16(26-18)14-4-1-2-6-17(14)29-11-13-9-8-12(10-15(13)22(29)30)20-27-28-21(31-20)19(24)25/h1-10,19-20,27H,11H2. The first kappa shape index (κ1) is 19.1. The molecule has 3 aromatic rings. The van der Waals surface area contributed by atoms with Crippen LogP contribution in [0.1, 0.15) is 27.7 Å². The van der Waals surface area contributed by atoms with Gasteiger partial charge in [0.2, 0.25) is 12.2 Å². The second kappa shape index (κ2) is 7.42. The molecule has 31 heavy (non-hydrogen) atoms. The Kier molecular flexibility index (Phi) is 4.58. The molecule has 2 aliphatic rings. The van der Waals surface area contributed by atoms with E-state index in [4.69, 9.17) is 4.74 Å². The lowest BCUT2D eigenvalue weighted by molar-refractivity contribution is 0.0996. The second-order valence-electron chi connectivity index (χ2n) is 7.05. The molecular formula is C22H15F3N4O2. The lowest BCUT2D eigenvalue weighted by Crippen LogP contribution is -2.23. The van der Waals surface area contributed by atoms with E-state index in [1.807, 2.05) is 0 Å². The van der Waals surface area contributed by atoms with Crippen LogP contribution in [0.3, 0.4) is 0 Å². The largest absolute Gasteiger partial charge is 0.446 e. The van der Waals surface area contributed by atoms with E-state index in [0.717, 1.165) is 5.56 Å². The van der Waals surface area contributed by atoms with Crippen molar-refractivity contribution < 1.29 is 22.7 Å². The van der Waals surface area contributed by atoms with Crippen molar-refractivity contribution in [2.24, 2.45) is 5.10 Å². The van der Waals surface area contributed by atoms with Gasteiger partial charge >= 0.3 is 6.43 Å². The van der Waals surface area contributed by atoms with E-state index >= 15 is 0 Å². The van der Waals surface area contributed by atoms with Gasteiger partial charge in [-0.3, -0.25) is 10.2 Å². The monoisotopic (exact) mass is 424 g/mol. The molecule has 0 bridgehead atoms. The third-order valence-corrected chi connectivity index (χ3v) is 5.14. The molecule has 0 fully saturated rings. The van der Waals surface area contributed by atoms with Gasteiger partial charge in [0.25, 0.3) is 11.8 Å². The number of amides is 1. The van der Waals surface area contributed by atoms with Crippen molar-refractivity contribution in [3.63, 3.8) is 0 Å². The Morgan fingerprint density at radius 1 is 1.06 bits per heavy atom. The molecule has 156 valence electrons. The minimum atomic E-state index is -2.82. The molecule has 1 amide bonds. The summed E-state index contributed by atoms with van der Waals surface area (Å²) in [5, 5.41) is 3.48. The fourth-order valence-corrected chi connectivity index (χ4v) is 3.70. The summed E-state index contributed by atoms with van der Waals surface area (Å²) in [4.78, 5) is 18.7. The van der Waals surface area contributed by atoms with Crippen LogP contribution in [-0.4, -0.2) is 23.2 Å². The van der Waals surface area contributed by atoms with Gasteiger partial charge in [-0.2, -0.15) is 13.2 Å². The first-order valence-corrected chi connectivity index (χ1v) is 9.46. The fourth-order valence-electron chi connectivity index (χ4n) is 3.70. The van der Waals surface area contributed by atoms with Gasteiger partial charge in [0.05, 0.1) is 17.9 Å². The van der Waals surface area contributed by atoms with Crippen LogP contribution in [0, 0.1) is 5.95 Å². The molecule has 0 radical (unpaired) electrons. The lowest BCUT2D eigenvalue weighted by atomic mass is 10.1. The Labute approximate surface area is 175 Å². The zero-order valence-corrected chi connectivity index (χ0v) is 15.9. The molecule has 0 saturated heterocycles. The maximum Gasteiger partial charge on any atom is 0.314 e. The summed E-state index contributed by atoms with van der Waals surface area (Å²) in [6, 6.07) is 16.7. The van der Waals surface area contributed by atoms with E-state index < -0.39 is 24.5 Å². The third kappa shape index (κ3) is 3.37. The number of fused-ring (bicyclic) bond motifs is 1. The van der Waals surface area contributed by atoms with Gasteiger partial charge in [0.1, 0.15) is 0 Å². The van der Waals surface area contributed by atoms with E-state index in [1.54, 1.807) is 59.5 Å². The summed E-state index contributed by atoms with van der Waals surface area (Å²) in [7, 11) is 0. The summed E-state index contributed by atoms with van der Waals surface area (Å²) in [6.07, 6.45) is -3.71. The van der Waals surface area contributed by atoms with Crippen LogP contribution in [0.15, 0.2) is 65.8 Å². The maximum atomic E-state index is 13.7. The molecule has 1 N–H and O–H groups in total. The fraction of sp³-hybridized carbons (Fsp3) is 0.136. The first-order valence-electron chi connectivity index (χ1n) is 9.46. The number of hydrogen-bond acceptors (Lipinski definition) is 5. The number of nitrogens with zero attached hydrogens (tertiary/aromatic N) is 3. The van der Waals surface area contributed by atoms with Crippen molar-refractivity contribution >= 4 is 17.5 Å².